The number of halogens is 2. The SMILES string of the molecule is O=C(O)COc1ccc(CCNC(=O)CCc2ccc(Cl)cc2Cl)cc1. The number of nitrogens with one attached hydrogen (secondary N) is 1. The van der Waals surface area contributed by atoms with Gasteiger partial charge in [-0.15, -0.1) is 0 Å². The van der Waals surface area contributed by atoms with Gasteiger partial charge < -0.3 is 15.2 Å². The van der Waals surface area contributed by atoms with E-state index in [4.69, 9.17) is 33.0 Å². The fourth-order valence-electron chi connectivity index (χ4n) is 2.30. The van der Waals surface area contributed by atoms with Crippen LogP contribution in [0.2, 0.25) is 10.0 Å². The largest absolute Gasteiger partial charge is 0.482 e. The van der Waals surface area contributed by atoms with E-state index in [1.807, 2.05) is 18.2 Å². The van der Waals surface area contributed by atoms with E-state index in [2.05, 4.69) is 5.32 Å². The van der Waals surface area contributed by atoms with Gasteiger partial charge >= 0.3 is 5.97 Å². The number of carbonyl (C=O) groups excluding carboxylic acids is 1. The van der Waals surface area contributed by atoms with Crippen molar-refractivity contribution in [2.45, 2.75) is 19.3 Å². The standard InChI is InChI=1S/C19H19Cl2NO4/c20-15-5-3-14(17(21)11-15)4-8-18(23)22-10-9-13-1-6-16(7-2-13)26-12-19(24)25/h1-3,5-7,11H,4,8-10,12H2,(H,22,23)(H,24,25). The number of carbonyl (C=O) groups is 2. The van der Waals surface area contributed by atoms with Gasteiger partial charge in [0.15, 0.2) is 6.61 Å². The Bertz CT molecular complexity index is 763. The van der Waals surface area contributed by atoms with Crippen molar-refractivity contribution in [3.63, 3.8) is 0 Å². The van der Waals surface area contributed by atoms with E-state index in [1.54, 1.807) is 24.3 Å². The third-order valence-corrected chi connectivity index (χ3v) is 4.24. The molecule has 0 aromatic heterocycles. The topological polar surface area (TPSA) is 75.6 Å². The van der Waals surface area contributed by atoms with Crippen molar-refractivity contribution in [1.29, 1.82) is 0 Å². The maximum atomic E-state index is 11.9. The van der Waals surface area contributed by atoms with E-state index in [-0.39, 0.29) is 12.5 Å². The molecule has 0 atom stereocenters. The number of aryl methyl sites for hydroxylation is 1. The Balaban J connectivity index is 1.70. The Morgan fingerprint density at radius 2 is 1.77 bits per heavy atom. The zero-order chi connectivity index (χ0) is 18.9. The van der Waals surface area contributed by atoms with E-state index >= 15 is 0 Å². The lowest BCUT2D eigenvalue weighted by Gasteiger charge is -2.08. The number of benzene rings is 2. The highest BCUT2D eigenvalue weighted by molar-refractivity contribution is 6.35. The molecule has 0 bridgehead atoms. The second kappa shape index (κ2) is 10.0. The summed E-state index contributed by atoms with van der Waals surface area (Å²) in [5.41, 5.74) is 1.91. The maximum absolute atomic E-state index is 11.9. The Hall–Kier alpha value is -2.24. The molecule has 2 aromatic rings. The molecule has 26 heavy (non-hydrogen) atoms. The highest BCUT2D eigenvalue weighted by Crippen LogP contribution is 2.22. The molecule has 0 heterocycles. The lowest BCUT2D eigenvalue weighted by atomic mass is 10.1. The van der Waals surface area contributed by atoms with Gasteiger partial charge in [-0.05, 0) is 48.2 Å². The van der Waals surface area contributed by atoms with Crippen LogP contribution in [0.5, 0.6) is 5.75 Å². The van der Waals surface area contributed by atoms with Crippen LogP contribution in [0.1, 0.15) is 17.5 Å². The van der Waals surface area contributed by atoms with Gasteiger partial charge in [-0.25, -0.2) is 4.79 Å². The van der Waals surface area contributed by atoms with Crippen LogP contribution in [0.25, 0.3) is 0 Å². The molecule has 2 N–H and O–H groups in total. The number of hydrogen-bond acceptors (Lipinski definition) is 3. The highest BCUT2D eigenvalue weighted by atomic mass is 35.5. The van der Waals surface area contributed by atoms with Gasteiger partial charge in [0.2, 0.25) is 5.91 Å². The molecular formula is C19H19Cl2NO4. The lowest BCUT2D eigenvalue weighted by molar-refractivity contribution is -0.139. The van der Waals surface area contributed by atoms with Crippen LogP contribution in [-0.4, -0.2) is 30.1 Å². The predicted octanol–water partition coefficient (Wildman–Crippen LogP) is 3.75. The first-order chi connectivity index (χ1) is 12.4. The Morgan fingerprint density at radius 3 is 2.42 bits per heavy atom. The average molecular weight is 396 g/mol. The first-order valence-electron chi connectivity index (χ1n) is 8.08. The number of hydrogen-bond donors (Lipinski definition) is 2. The third-order valence-electron chi connectivity index (χ3n) is 3.66. The van der Waals surface area contributed by atoms with Crippen molar-refractivity contribution >= 4 is 35.1 Å². The fourth-order valence-corrected chi connectivity index (χ4v) is 2.81. The molecule has 0 aliphatic heterocycles. The first-order valence-corrected chi connectivity index (χ1v) is 8.84. The van der Waals surface area contributed by atoms with Gasteiger partial charge in [0, 0.05) is 23.0 Å². The van der Waals surface area contributed by atoms with Crippen LogP contribution in [-0.2, 0) is 22.4 Å². The highest BCUT2D eigenvalue weighted by Gasteiger charge is 2.06. The van der Waals surface area contributed by atoms with E-state index in [0.29, 0.717) is 41.6 Å². The molecule has 1 amide bonds. The lowest BCUT2D eigenvalue weighted by Crippen LogP contribution is -2.25. The van der Waals surface area contributed by atoms with Crippen LogP contribution in [0, 0.1) is 0 Å². The summed E-state index contributed by atoms with van der Waals surface area (Å²) < 4.78 is 5.07. The second-order valence-electron chi connectivity index (χ2n) is 5.66. The zero-order valence-electron chi connectivity index (χ0n) is 14.0. The number of rotatable bonds is 9. The smallest absolute Gasteiger partial charge is 0.341 e. The summed E-state index contributed by atoms with van der Waals surface area (Å²) in [6.07, 6.45) is 1.58. The van der Waals surface area contributed by atoms with E-state index < -0.39 is 5.97 Å². The van der Waals surface area contributed by atoms with Crippen LogP contribution < -0.4 is 10.1 Å². The maximum Gasteiger partial charge on any atom is 0.341 e. The summed E-state index contributed by atoms with van der Waals surface area (Å²) in [6.45, 7) is 0.148. The number of ether oxygens (including phenoxy) is 1. The Labute approximate surface area is 161 Å². The summed E-state index contributed by atoms with van der Waals surface area (Å²) >= 11 is 11.9. The van der Waals surface area contributed by atoms with Crippen molar-refractivity contribution < 1.29 is 19.4 Å². The summed E-state index contributed by atoms with van der Waals surface area (Å²) in [7, 11) is 0. The van der Waals surface area contributed by atoms with E-state index in [9.17, 15) is 9.59 Å². The molecule has 5 nitrogen and oxygen atoms in total. The monoisotopic (exact) mass is 395 g/mol. The average Bonchev–Trinajstić information content (AvgIpc) is 2.60. The van der Waals surface area contributed by atoms with Crippen LogP contribution in [0.15, 0.2) is 42.5 Å². The summed E-state index contributed by atoms with van der Waals surface area (Å²) in [5, 5.41) is 12.6. The minimum Gasteiger partial charge on any atom is -0.482 e. The Kier molecular flexibility index (Phi) is 7.75. The van der Waals surface area contributed by atoms with Crippen molar-refractivity contribution in [2.75, 3.05) is 13.2 Å². The van der Waals surface area contributed by atoms with Crippen LogP contribution in [0.3, 0.4) is 0 Å². The van der Waals surface area contributed by atoms with Gasteiger partial charge in [-0.1, -0.05) is 41.4 Å². The Morgan fingerprint density at radius 1 is 1.04 bits per heavy atom. The summed E-state index contributed by atoms with van der Waals surface area (Å²) in [4.78, 5) is 22.4. The predicted molar refractivity (Wildman–Crippen MR) is 101 cm³/mol. The molecule has 2 aromatic carbocycles. The number of carboxylic acid groups (broad SMARTS) is 1. The molecule has 0 aliphatic carbocycles. The van der Waals surface area contributed by atoms with Crippen LogP contribution in [0.4, 0.5) is 0 Å². The number of amides is 1. The van der Waals surface area contributed by atoms with Gasteiger partial charge in [-0.3, -0.25) is 4.79 Å². The molecule has 0 aliphatic rings. The third kappa shape index (κ3) is 6.94. The minimum atomic E-state index is -1.02. The fraction of sp³-hybridized carbons (Fsp3) is 0.263. The summed E-state index contributed by atoms with van der Waals surface area (Å²) in [5.74, 6) is -0.561. The van der Waals surface area contributed by atoms with Crippen molar-refractivity contribution in [3.05, 3.63) is 63.6 Å². The molecule has 2 rings (SSSR count). The molecule has 7 heteroatoms. The number of aliphatic carboxylic acids is 1. The molecule has 0 radical (unpaired) electrons. The first kappa shape index (κ1) is 20.1. The molecule has 0 spiro atoms. The normalized spacial score (nSPS) is 10.4. The summed E-state index contributed by atoms with van der Waals surface area (Å²) in [6, 6.07) is 12.4. The van der Waals surface area contributed by atoms with E-state index in [1.165, 1.54) is 0 Å². The minimum absolute atomic E-state index is 0.0440. The van der Waals surface area contributed by atoms with Crippen molar-refractivity contribution in [3.8, 4) is 5.75 Å². The molecule has 0 saturated carbocycles. The van der Waals surface area contributed by atoms with Crippen molar-refractivity contribution in [2.24, 2.45) is 0 Å². The number of carboxylic acids is 1. The molecule has 0 unspecified atom stereocenters. The molecule has 0 saturated heterocycles. The van der Waals surface area contributed by atoms with Crippen molar-refractivity contribution in [1.82, 2.24) is 5.32 Å². The second-order valence-corrected chi connectivity index (χ2v) is 6.51. The van der Waals surface area contributed by atoms with Gasteiger partial charge in [0.1, 0.15) is 5.75 Å². The van der Waals surface area contributed by atoms with E-state index in [0.717, 1.165) is 11.1 Å². The molecule has 0 fully saturated rings. The zero-order valence-corrected chi connectivity index (χ0v) is 15.5. The van der Waals surface area contributed by atoms with Crippen LogP contribution >= 0.6 is 23.2 Å². The molecular weight excluding hydrogens is 377 g/mol. The van der Waals surface area contributed by atoms with Gasteiger partial charge in [0.25, 0.3) is 0 Å². The molecule has 138 valence electrons. The van der Waals surface area contributed by atoms with Gasteiger partial charge in [0.05, 0.1) is 0 Å². The quantitative estimate of drug-likeness (QED) is 0.677. The van der Waals surface area contributed by atoms with Gasteiger partial charge in [-0.2, -0.15) is 0 Å².